The number of carbonyl (C=O) groups excluding carboxylic acids is 1. The van der Waals surface area contributed by atoms with Crippen molar-refractivity contribution in [1.82, 2.24) is 14.7 Å². The molecule has 144 valence electrons. The number of amides is 1. The largest absolute Gasteiger partial charge is 0.454 e. The maximum Gasteiger partial charge on any atom is 0.231 e. The van der Waals surface area contributed by atoms with Gasteiger partial charge in [0.25, 0.3) is 0 Å². The topological polar surface area (TPSA) is 56.6 Å². The Labute approximate surface area is 160 Å². The minimum absolute atomic E-state index is 0.0662. The smallest absolute Gasteiger partial charge is 0.231 e. The summed E-state index contributed by atoms with van der Waals surface area (Å²) >= 11 is 0. The van der Waals surface area contributed by atoms with Crippen LogP contribution in [0.2, 0.25) is 0 Å². The van der Waals surface area contributed by atoms with Crippen molar-refractivity contribution in [3.8, 4) is 11.5 Å². The van der Waals surface area contributed by atoms with Gasteiger partial charge < -0.3 is 14.4 Å². The predicted octanol–water partition coefficient (Wildman–Crippen LogP) is 3.10. The lowest BCUT2D eigenvalue weighted by Gasteiger charge is -2.40. The average Bonchev–Trinajstić information content (AvgIpc) is 3.21. The molecule has 3 heterocycles. The zero-order valence-corrected chi connectivity index (χ0v) is 16.3. The van der Waals surface area contributed by atoms with Crippen molar-refractivity contribution in [3.05, 3.63) is 41.2 Å². The third-order valence-electron chi connectivity index (χ3n) is 5.62. The van der Waals surface area contributed by atoms with Crippen LogP contribution < -0.4 is 9.47 Å². The minimum atomic E-state index is 0.0662. The molecule has 1 saturated heterocycles. The van der Waals surface area contributed by atoms with Gasteiger partial charge in [0.05, 0.1) is 12.2 Å². The van der Waals surface area contributed by atoms with Gasteiger partial charge >= 0.3 is 0 Å². The molecule has 1 unspecified atom stereocenters. The van der Waals surface area contributed by atoms with Crippen LogP contribution in [0.3, 0.4) is 0 Å². The molecule has 6 heteroatoms. The predicted molar refractivity (Wildman–Crippen MR) is 102 cm³/mol. The van der Waals surface area contributed by atoms with Crippen molar-refractivity contribution in [2.24, 2.45) is 5.41 Å². The third kappa shape index (κ3) is 3.80. The van der Waals surface area contributed by atoms with Crippen LogP contribution in [-0.2, 0) is 17.8 Å². The number of aromatic nitrogens is 2. The second-order valence-corrected chi connectivity index (χ2v) is 8.14. The number of rotatable bonds is 5. The summed E-state index contributed by atoms with van der Waals surface area (Å²) in [5.74, 6) is 1.89. The highest BCUT2D eigenvalue weighted by Crippen LogP contribution is 2.37. The molecule has 0 aliphatic carbocycles. The van der Waals surface area contributed by atoms with E-state index in [9.17, 15) is 4.79 Å². The Hall–Kier alpha value is -2.50. The van der Waals surface area contributed by atoms with Crippen LogP contribution in [0.25, 0.3) is 0 Å². The number of hydrogen-bond donors (Lipinski definition) is 0. The van der Waals surface area contributed by atoms with E-state index in [0.717, 1.165) is 48.8 Å². The molecule has 0 bridgehead atoms. The number of ether oxygens (including phenoxy) is 2. The molecule has 1 aromatic carbocycles. The van der Waals surface area contributed by atoms with Gasteiger partial charge in [0.15, 0.2) is 11.5 Å². The van der Waals surface area contributed by atoms with Gasteiger partial charge in [-0.2, -0.15) is 5.10 Å². The van der Waals surface area contributed by atoms with Gasteiger partial charge in [-0.3, -0.25) is 9.48 Å². The summed E-state index contributed by atoms with van der Waals surface area (Å²) in [6.07, 6.45) is 2.45. The standard InChI is InChI=1S/C21H27N3O3/c1-15-10-16(2)24(22-15)9-8-23-13-21(3,7-6-20(23)25)12-17-4-5-18-19(11-17)27-14-26-18/h4-5,10-11H,6-9,12-14H2,1-3H3. The molecule has 4 rings (SSSR count). The SMILES string of the molecule is Cc1cc(C)n(CCN2CC(C)(Cc3ccc4c(c3)OCO4)CCC2=O)n1. The van der Waals surface area contributed by atoms with Gasteiger partial charge in [-0.25, -0.2) is 0 Å². The average molecular weight is 369 g/mol. The van der Waals surface area contributed by atoms with Crippen molar-refractivity contribution < 1.29 is 14.3 Å². The summed E-state index contributed by atoms with van der Waals surface area (Å²) in [4.78, 5) is 14.5. The van der Waals surface area contributed by atoms with Gasteiger partial charge in [-0.15, -0.1) is 0 Å². The number of benzene rings is 1. The van der Waals surface area contributed by atoms with Gasteiger partial charge in [0, 0.05) is 25.2 Å². The van der Waals surface area contributed by atoms with Crippen LogP contribution in [0.4, 0.5) is 0 Å². The summed E-state index contributed by atoms with van der Waals surface area (Å²) in [7, 11) is 0. The normalized spacial score (nSPS) is 21.7. The number of aryl methyl sites for hydroxylation is 2. The fraction of sp³-hybridized carbons (Fsp3) is 0.524. The van der Waals surface area contributed by atoms with E-state index in [4.69, 9.17) is 9.47 Å². The molecule has 0 N–H and O–H groups in total. The van der Waals surface area contributed by atoms with E-state index in [1.165, 1.54) is 5.56 Å². The lowest BCUT2D eigenvalue weighted by Crippen LogP contribution is -2.47. The van der Waals surface area contributed by atoms with Gasteiger partial charge in [0.1, 0.15) is 0 Å². The molecule has 1 fully saturated rings. The summed E-state index contributed by atoms with van der Waals surface area (Å²) < 4.78 is 12.9. The number of piperidine rings is 1. The lowest BCUT2D eigenvalue weighted by molar-refractivity contribution is -0.137. The van der Waals surface area contributed by atoms with E-state index in [2.05, 4.69) is 37.1 Å². The van der Waals surface area contributed by atoms with E-state index in [0.29, 0.717) is 19.8 Å². The number of carbonyl (C=O) groups is 1. The van der Waals surface area contributed by atoms with Crippen LogP contribution in [-0.4, -0.2) is 40.5 Å². The Morgan fingerprint density at radius 1 is 1.15 bits per heavy atom. The zero-order valence-electron chi connectivity index (χ0n) is 16.3. The van der Waals surface area contributed by atoms with E-state index in [1.807, 2.05) is 22.6 Å². The van der Waals surface area contributed by atoms with Crippen LogP contribution in [0.5, 0.6) is 11.5 Å². The number of likely N-dealkylation sites (tertiary alicyclic amines) is 1. The number of hydrogen-bond acceptors (Lipinski definition) is 4. The monoisotopic (exact) mass is 369 g/mol. The van der Waals surface area contributed by atoms with Crippen LogP contribution in [0.15, 0.2) is 24.3 Å². The molecule has 6 nitrogen and oxygen atoms in total. The van der Waals surface area contributed by atoms with Gasteiger partial charge in [-0.05, 0) is 55.9 Å². The third-order valence-corrected chi connectivity index (χ3v) is 5.62. The lowest BCUT2D eigenvalue weighted by atomic mass is 9.76. The Balaban J connectivity index is 1.42. The molecule has 2 aliphatic rings. The molecule has 2 aliphatic heterocycles. The molecule has 0 radical (unpaired) electrons. The fourth-order valence-corrected chi connectivity index (χ4v) is 4.20. The Kier molecular flexibility index (Phi) is 4.58. The Bertz CT molecular complexity index is 860. The van der Waals surface area contributed by atoms with Gasteiger partial charge in [0.2, 0.25) is 12.7 Å². The summed E-state index contributed by atoms with van der Waals surface area (Å²) in [5, 5.41) is 4.51. The Morgan fingerprint density at radius 3 is 2.74 bits per heavy atom. The maximum atomic E-state index is 12.5. The highest BCUT2D eigenvalue weighted by Gasteiger charge is 2.35. The quantitative estimate of drug-likeness (QED) is 0.813. The van der Waals surface area contributed by atoms with E-state index in [1.54, 1.807) is 0 Å². The molecule has 0 spiro atoms. The molecule has 1 aromatic heterocycles. The van der Waals surface area contributed by atoms with Crippen molar-refractivity contribution >= 4 is 5.91 Å². The van der Waals surface area contributed by atoms with Crippen molar-refractivity contribution in [2.75, 3.05) is 19.9 Å². The van der Waals surface area contributed by atoms with Crippen molar-refractivity contribution in [1.29, 1.82) is 0 Å². The minimum Gasteiger partial charge on any atom is -0.454 e. The summed E-state index contributed by atoms with van der Waals surface area (Å²) in [6, 6.07) is 8.23. The molecule has 2 aromatic rings. The molecular weight excluding hydrogens is 342 g/mol. The second-order valence-electron chi connectivity index (χ2n) is 8.14. The van der Waals surface area contributed by atoms with Gasteiger partial charge in [-0.1, -0.05) is 13.0 Å². The zero-order chi connectivity index (χ0) is 19.0. The highest BCUT2D eigenvalue weighted by molar-refractivity contribution is 5.77. The number of fused-ring (bicyclic) bond motifs is 1. The summed E-state index contributed by atoms with van der Waals surface area (Å²) in [6.45, 7) is 8.85. The molecule has 0 saturated carbocycles. The van der Waals surface area contributed by atoms with Crippen LogP contribution in [0, 0.1) is 19.3 Å². The maximum absolute atomic E-state index is 12.5. The summed E-state index contributed by atoms with van der Waals surface area (Å²) in [5.41, 5.74) is 3.45. The molecular formula is C21H27N3O3. The molecule has 1 amide bonds. The second kappa shape index (κ2) is 6.91. The van der Waals surface area contributed by atoms with E-state index < -0.39 is 0 Å². The first kappa shape index (κ1) is 17.9. The fourth-order valence-electron chi connectivity index (χ4n) is 4.20. The van der Waals surface area contributed by atoms with E-state index >= 15 is 0 Å². The first-order valence-electron chi connectivity index (χ1n) is 9.59. The first-order valence-corrected chi connectivity index (χ1v) is 9.59. The molecule has 27 heavy (non-hydrogen) atoms. The van der Waals surface area contributed by atoms with Crippen LogP contribution in [0.1, 0.15) is 36.7 Å². The first-order chi connectivity index (χ1) is 12.9. The van der Waals surface area contributed by atoms with Crippen molar-refractivity contribution in [2.45, 2.75) is 46.6 Å². The van der Waals surface area contributed by atoms with Crippen LogP contribution >= 0.6 is 0 Å². The highest BCUT2D eigenvalue weighted by atomic mass is 16.7. The van der Waals surface area contributed by atoms with E-state index in [-0.39, 0.29) is 11.3 Å². The number of nitrogens with zero attached hydrogens (tertiary/aromatic N) is 3. The molecule has 1 atom stereocenters. The van der Waals surface area contributed by atoms with Crippen molar-refractivity contribution in [3.63, 3.8) is 0 Å². The Morgan fingerprint density at radius 2 is 1.96 bits per heavy atom.